The Kier molecular flexibility index (Phi) is 6.32. The second-order valence-corrected chi connectivity index (χ2v) is 6.05. The lowest BCUT2D eigenvalue weighted by Crippen LogP contribution is -2.23. The lowest BCUT2D eigenvalue weighted by atomic mass is 9.84. The molecule has 0 unspecified atom stereocenters. The van der Waals surface area contributed by atoms with E-state index in [1.165, 1.54) is 0 Å². The summed E-state index contributed by atoms with van der Waals surface area (Å²) in [6, 6.07) is 7.79. The van der Waals surface area contributed by atoms with Gasteiger partial charge in [0.2, 0.25) is 0 Å². The minimum absolute atomic E-state index is 0.0553. The van der Waals surface area contributed by atoms with Crippen LogP contribution in [0.3, 0.4) is 0 Å². The van der Waals surface area contributed by atoms with Crippen LogP contribution in [0.5, 0.6) is 0 Å². The Balaban J connectivity index is 2.24. The standard InChI is InChI=1S/C15H22ClNO2/c1-15(2,7-6-14(18)19)8-9-17-11-12-4-3-5-13(16)10-12/h3-5,10,17H,6-9,11H2,1-2H3,(H,18,19). The summed E-state index contributed by atoms with van der Waals surface area (Å²) in [7, 11) is 0. The van der Waals surface area contributed by atoms with Gasteiger partial charge in [-0.2, -0.15) is 0 Å². The monoisotopic (exact) mass is 283 g/mol. The molecule has 0 bridgehead atoms. The maximum Gasteiger partial charge on any atom is 0.303 e. The van der Waals surface area contributed by atoms with E-state index < -0.39 is 5.97 Å². The van der Waals surface area contributed by atoms with Crippen molar-refractivity contribution in [2.45, 2.75) is 39.7 Å². The number of halogens is 1. The summed E-state index contributed by atoms with van der Waals surface area (Å²) in [4.78, 5) is 10.6. The van der Waals surface area contributed by atoms with Crippen molar-refractivity contribution in [3.8, 4) is 0 Å². The highest BCUT2D eigenvalue weighted by molar-refractivity contribution is 6.30. The third-order valence-corrected chi connectivity index (χ3v) is 3.45. The van der Waals surface area contributed by atoms with E-state index in [0.717, 1.165) is 30.1 Å². The van der Waals surface area contributed by atoms with Crippen molar-refractivity contribution in [3.05, 3.63) is 34.9 Å². The fourth-order valence-corrected chi connectivity index (χ4v) is 2.09. The Bertz CT molecular complexity index is 418. The van der Waals surface area contributed by atoms with Crippen molar-refractivity contribution in [2.24, 2.45) is 5.41 Å². The van der Waals surface area contributed by atoms with Crippen molar-refractivity contribution in [2.75, 3.05) is 6.54 Å². The van der Waals surface area contributed by atoms with Gasteiger partial charge in [-0.3, -0.25) is 4.79 Å². The zero-order valence-corrected chi connectivity index (χ0v) is 12.3. The molecule has 0 aromatic heterocycles. The number of aliphatic carboxylic acids is 1. The van der Waals surface area contributed by atoms with Crippen LogP contribution in [0.15, 0.2) is 24.3 Å². The zero-order chi connectivity index (χ0) is 14.3. The van der Waals surface area contributed by atoms with Gasteiger partial charge in [0.25, 0.3) is 0 Å². The first-order valence-electron chi connectivity index (χ1n) is 6.56. The third kappa shape index (κ3) is 7.19. The van der Waals surface area contributed by atoms with Gasteiger partial charge >= 0.3 is 5.97 Å². The van der Waals surface area contributed by atoms with E-state index >= 15 is 0 Å². The molecule has 0 amide bonds. The van der Waals surface area contributed by atoms with Gasteiger partial charge in [-0.1, -0.05) is 37.6 Å². The SMILES string of the molecule is CC(C)(CCNCc1cccc(Cl)c1)CCC(=O)O. The van der Waals surface area contributed by atoms with Gasteiger partial charge in [0, 0.05) is 18.0 Å². The maximum absolute atomic E-state index is 10.6. The minimum Gasteiger partial charge on any atom is -0.481 e. The van der Waals surface area contributed by atoms with Crippen LogP contribution < -0.4 is 5.32 Å². The Hall–Kier alpha value is -1.06. The number of carboxylic acid groups (broad SMARTS) is 1. The fourth-order valence-electron chi connectivity index (χ4n) is 1.88. The maximum atomic E-state index is 10.6. The molecule has 106 valence electrons. The summed E-state index contributed by atoms with van der Waals surface area (Å²) in [6.07, 6.45) is 1.91. The van der Waals surface area contributed by atoms with E-state index in [1.807, 2.05) is 24.3 Å². The molecule has 4 heteroatoms. The van der Waals surface area contributed by atoms with Crippen LogP contribution >= 0.6 is 11.6 Å². The smallest absolute Gasteiger partial charge is 0.303 e. The highest BCUT2D eigenvalue weighted by atomic mass is 35.5. The van der Waals surface area contributed by atoms with Crippen LogP contribution in [-0.2, 0) is 11.3 Å². The van der Waals surface area contributed by atoms with Gasteiger partial charge in [0.15, 0.2) is 0 Å². The number of rotatable bonds is 8. The predicted octanol–water partition coefficient (Wildman–Crippen LogP) is 3.71. The van der Waals surface area contributed by atoms with E-state index in [9.17, 15) is 4.79 Å². The van der Waals surface area contributed by atoms with Crippen LogP contribution in [0.1, 0.15) is 38.7 Å². The highest BCUT2D eigenvalue weighted by Crippen LogP contribution is 2.26. The number of nitrogens with one attached hydrogen (secondary N) is 1. The van der Waals surface area contributed by atoms with Crippen molar-refractivity contribution < 1.29 is 9.90 Å². The van der Waals surface area contributed by atoms with E-state index in [2.05, 4.69) is 19.2 Å². The van der Waals surface area contributed by atoms with Gasteiger partial charge in [-0.25, -0.2) is 0 Å². The largest absolute Gasteiger partial charge is 0.481 e. The molecular formula is C15H22ClNO2. The summed E-state index contributed by atoms with van der Waals surface area (Å²) in [5, 5.41) is 12.8. The lowest BCUT2D eigenvalue weighted by molar-refractivity contribution is -0.137. The van der Waals surface area contributed by atoms with Crippen molar-refractivity contribution >= 4 is 17.6 Å². The molecule has 0 aliphatic heterocycles. The summed E-state index contributed by atoms with van der Waals surface area (Å²) in [5.74, 6) is -0.722. The van der Waals surface area contributed by atoms with Crippen LogP contribution in [-0.4, -0.2) is 17.6 Å². The minimum atomic E-state index is -0.722. The highest BCUT2D eigenvalue weighted by Gasteiger charge is 2.18. The fraction of sp³-hybridized carbons (Fsp3) is 0.533. The van der Waals surface area contributed by atoms with E-state index in [4.69, 9.17) is 16.7 Å². The van der Waals surface area contributed by atoms with Crippen molar-refractivity contribution in [1.82, 2.24) is 5.32 Å². The van der Waals surface area contributed by atoms with E-state index in [-0.39, 0.29) is 11.8 Å². The molecule has 2 N–H and O–H groups in total. The number of carbonyl (C=O) groups is 1. The van der Waals surface area contributed by atoms with Crippen LogP contribution in [0.25, 0.3) is 0 Å². The first-order valence-corrected chi connectivity index (χ1v) is 6.94. The summed E-state index contributed by atoms with van der Waals surface area (Å²) in [5.41, 5.74) is 1.22. The molecule has 0 spiro atoms. The Labute approximate surface area is 120 Å². The second-order valence-electron chi connectivity index (χ2n) is 5.61. The van der Waals surface area contributed by atoms with Gasteiger partial charge in [-0.05, 0) is 42.5 Å². The molecule has 0 radical (unpaired) electrons. The topological polar surface area (TPSA) is 49.3 Å². The molecule has 0 saturated heterocycles. The molecule has 0 fully saturated rings. The van der Waals surface area contributed by atoms with Crippen molar-refractivity contribution in [1.29, 1.82) is 0 Å². The molecule has 0 atom stereocenters. The molecule has 0 saturated carbocycles. The summed E-state index contributed by atoms with van der Waals surface area (Å²) >= 11 is 5.92. The lowest BCUT2D eigenvalue weighted by Gasteiger charge is -2.23. The van der Waals surface area contributed by atoms with Crippen LogP contribution in [0.4, 0.5) is 0 Å². The molecule has 0 aliphatic rings. The zero-order valence-electron chi connectivity index (χ0n) is 11.6. The quantitative estimate of drug-likeness (QED) is 0.715. The number of hydrogen-bond donors (Lipinski definition) is 2. The Morgan fingerprint density at radius 1 is 1.37 bits per heavy atom. The average molecular weight is 284 g/mol. The van der Waals surface area contributed by atoms with Gasteiger partial charge < -0.3 is 10.4 Å². The summed E-state index contributed by atoms with van der Waals surface area (Å²) in [6.45, 7) is 5.88. The normalized spacial score (nSPS) is 11.5. The molecule has 3 nitrogen and oxygen atoms in total. The molecule has 1 rings (SSSR count). The molecular weight excluding hydrogens is 262 g/mol. The van der Waals surface area contributed by atoms with E-state index in [0.29, 0.717) is 6.42 Å². The molecule has 1 aromatic carbocycles. The van der Waals surface area contributed by atoms with Crippen LogP contribution in [0.2, 0.25) is 5.02 Å². The van der Waals surface area contributed by atoms with Gasteiger partial charge in [0.05, 0.1) is 0 Å². The summed E-state index contributed by atoms with van der Waals surface area (Å²) < 4.78 is 0. The average Bonchev–Trinajstić information content (AvgIpc) is 2.33. The van der Waals surface area contributed by atoms with Crippen LogP contribution in [0, 0.1) is 5.41 Å². The Morgan fingerprint density at radius 3 is 2.74 bits per heavy atom. The molecule has 0 aliphatic carbocycles. The number of benzene rings is 1. The number of hydrogen-bond acceptors (Lipinski definition) is 2. The van der Waals surface area contributed by atoms with E-state index in [1.54, 1.807) is 0 Å². The number of carboxylic acids is 1. The first-order chi connectivity index (χ1) is 8.89. The first kappa shape index (κ1) is 16.0. The van der Waals surface area contributed by atoms with Gasteiger partial charge in [0.1, 0.15) is 0 Å². The van der Waals surface area contributed by atoms with Crippen molar-refractivity contribution in [3.63, 3.8) is 0 Å². The second kappa shape index (κ2) is 7.51. The van der Waals surface area contributed by atoms with Gasteiger partial charge in [-0.15, -0.1) is 0 Å². The molecule has 0 heterocycles. The third-order valence-electron chi connectivity index (χ3n) is 3.21. The Morgan fingerprint density at radius 2 is 2.11 bits per heavy atom. The predicted molar refractivity (Wildman–Crippen MR) is 78.4 cm³/mol. The molecule has 1 aromatic rings. The molecule has 19 heavy (non-hydrogen) atoms.